The number of hydrogen-bond acceptors (Lipinski definition) is 2. The van der Waals surface area contributed by atoms with Crippen molar-refractivity contribution < 1.29 is 4.79 Å². The highest BCUT2D eigenvalue weighted by Crippen LogP contribution is 2.08. The summed E-state index contributed by atoms with van der Waals surface area (Å²) in [6.07, 6.45) is 0. The van der Waals surface area contributed by atoms with Crippen LogP contribution in [0.2, 0.25) is 0 Å². The third-order valence-electron chi connectivity index (χ3n) is 3.19. The van der Waals surface area contributed by atoms with E-state index in [-0.39, 0.29) is 12.5 Å². The molecule has 0 bridgehead atoms. The van der Waals surface area contributed by atoms with Crippen LogP contribution in [0.5, 0.6) is 0 Å². The summed E-state index contributed by atoms with van der Waals surface area (Å²) in [5.74, 6) is -0.0376. The fraction of sp³-hybridized carbons (Fsp3) is 0.429. The first-order valence-corrected chi connectivity index (χ1v) is 6.17. The third kappa shape index (κ3) is 3.31. The summed E-state index contributed by atoms with van der Waals surface area (Å²) in [7, 11) is 0. The molecule has 1 saturated heterocycles. The molecule has 1 amide bonds. The van der Waals surface area contributed by atoms with E-state index < -0.39 is 0 Å². The minimum Gasteiger partial charge on any atom is -0.334 e. The van der Waals surface area contributed by atoms with Gasteiger partial charge in [0.25, 0.3) is 6.54 Å². The molecule has 1 aromatic rings. The number of carbonyl (C=O) groups excluding carboxylic acids is 1. The highest BCUT2D eigenvalue weighted by molar-refractivity contribution is 5.79. The lowest BCUT2D eigenvalue weighted by molar-refractivity contribution is -0.130. The molecule has 0 unspecified atom stereocenters. The van der Waals surface area contributed by atoms with Gasteiger partial charge in [-0.25, -0.2) is 6.57 Å². The van der Waals surface area contributed by atoms with Crippen LogP contribution in [0.1, 0.15) is 5.56 Å². The molecule has 1 aliphatic rings. The second-order valence-corrected chi connectivity index (χ2v) is 4.46. The third-order valence-corrected chi connectivity index (χ3v) is 3.19. The monoisotopic (exact) mass is 243 g/mol. The first-order chi connectivity index (χ1) is 8.79. The maximum atomic E-state index is 11.6. The van der Waals surface area contributed by atoms with Crippen molar-refractivity contribution >= 4 is 5.91 Å². The second kappa shape index (κ2) is 6.18. The lowest BCUT2D eigenvalue weighted by Gasteiger charge is -2.33. The summed E-state index contributed by atoms with van der Waals surface area (Å²) in [5.41, 5.74) is 1.30. The van der Waals surface area contributed by atoms with Crippen molar-refractivity contribution in [2.24, 2.45) is 0 Å². The highest BCUT2D eigenvalue weighted by Gasteiger charge is 2.22. The predicted molar refractivity (Wildman–Crippen MR) is 69.8 cm³/mol. The molecular weight excluding hydrogens is 226 g/mol. The molecule has 1 heterocycles. The molecule has 0 saturated carbocycles. The van der Waals surface area contributed by atoms with E-state index in [1.807, 2.05) is 18.2 Å². The van der Waals surface area contributed by atoms with Gasteiger partial charge in [-0.3, -0.25) is 9.69 Å². The first kappa shape index (κ1) is 12.6. The van der Waals surface area contributed by atoms with E-state index in [0.717, 1.165) is 32.7 Å². The Labute approximate surface area is 108 Å². The molecule has 1 fully saturated rings. The summed E-state index contributed by atoms with van der Waals surface area (Å²) in [6, 6.07) is 10.4. The molecule has 0 radical (unpaired) electrons. The Bertz CT molecular complexity index is 430. The molecule has 4 nitrogen and oxygen atoms in total. The van der Waals surface area contributed by atoms with Gasteiger partial charge in [0.2, 0.25) is 0 Å². The first-order valence-electron chi connectivity index (χ1n) is 6.17. The van der Waals surface area contributed by atoms with E-state index in [1.165, 1.54) is 5.56 Å². The van der Waals surface area contributed by atoms with Crippen molar-refractivity contribution in [2.45, 2.75) is 6.54 Å². The molecule has 1 aromatic carbocycles. The molecule has 0 atom stereocenters. The van der Waals surface area contributed by atoms with Crippen LogP contribution >= 0.6 is 0 Å². The zero-order valence-corrected chi connectivity index (χ0v) is 10.4. The zero-order chi connectivity index (χ0) is 12.8. The van der Waals surface area contributed by atoms with E-state index in [2.05, 4.69) is 21.9 Å². The fourth-order valence-electron chi connectivity index (χ4n) is 2.16. The lowest BCUT2D eigenvalue weighted by atomic mass is 10.2. The Hall–Kier alpha value is -1.86. The van der Waals surface area contributed by atoms with Crippen LogP contribution in [-0.4, -0.2) is 48.4 Å². The van der Waals surface area contributed by atoms with Gasteiger partial charge in [0.15, 0.2) is 0 Å². The summed E-state index contributed by atoms with van der Waals surface area (Å²) in [4.78, 5) is 18.8. The minimum atomic E-state index is -0.0376. The van der Waals surface area contributed by atoms with Crippen LogP contribution in [0, 0.1) is 6.57 Å². The Morgan fingerprint density at radius 2 is 1.83 bits per heavy atom. The van der Waals surface area contributed by atoms with E-state index in [4.69, 9.17) is 6.57 Å². The van der Waals surface area contributed by atoms with E-state index in [0.29, 0.717) is 0 Å². The van der Waals surface area contributed by atoms with Crippen LogP contribution in [0.15, 0.2) is 30.3 Å². The number of rotatable bonds is 3. The summed E-state index contributed by atoms with van der Waals surface area (Å²) in [6.45, 7) is 10.9. The molecule has 18 heavy (non-hydrogen) atoms. The standard InChI is InChI=1S/C14H17N3O/c1-15-11-14(18)17-9-7-16(8-10-17)12-13-5-3-2-4-6-13/h2-6H,7-12H2. The van der Waals surface area contributed by atoms with Gasteiger partial charge in [-0.2, -0.15) is 0 Å². The quantitative estimate of drug-likeness (QED) is 0.747. The number of carbonyl (C=O) groups is 1. The Morgan fingerprint density at radius 3 is 2.44 bits per heavy atom. The van der Waals surface area contributed by atoms with Gasteiger partial charge in [-0.1, -0.05) is 30.3 Å². The van der Waals surface area contributed by atoms with Crippen LogP contribution in [0.25, 0.3) is 4.85 Å². The summed E-state index contributed by atoms with van der Waals surface area (Å²) >= 11 is 0. The second-order valence-electron chi connectivity index (χ2n) is 4.46. The minimum absolute atomic E-state index is 0.0152. The van der Waals surface area contributed by atoms with Crippen molar-refractivity contribution in [2.75, 3.05) is 32.7 Å². The number of piperazine rings is 1. The normalized spacial score (nSPS) is 16.3. The van der Waals surface area contributed by atoms with Crippen molar-refractivity contribution in [1.82, 2.24) is 9.80 Å². The molecule has 0 aliphatic carbocycles. The zero-order valence-electron chi connectivity index (χ0n) is 10.4. The summed E-state index contributed by atoms with van der Waals surface area (Å²) in [5, 5.41) is 0. The SMILES string of the molecule is [C-]#[N+]CC(=O)N1CCN(Cc2ccccc2)CC1. The average Bonchev–Trinajstić information content (AvgIpc) is 2.41. The number of hydrogen-bond donors (Lipinski definition) is 0. The van der Waals surface area contributed by atoms with Gasteiger partial charge in [-0.05, 0) is 5.56 Å². The molecule has 2 rings (SSSR count). The summed E-state index contributed by atoms with van der Waals surface area (Å²) < 4.78 is 0. The maximum absolute atomic E-state index is 11.6. The Morgan fingerprint density at radius 1 is 1.17 bits per heavy atom. The topological polar surface area (TPSA) is 27.9 Å². The van der Waals surface area contributed by atoms with Crippen LogP contribution in [0.4, 0.5) is 0 Å². The van der Waals surface area contributed by atoms with Gasteiger partial charge in [-0.15, -0.1) is 0 Å². The Kier molecular flexibility index (Phi) is 4.32. The van der Waals surface area contributed by atoms with Crippen LogP contribution < -0.4 is 0 Å². The largest absolute Gasteiger partial charge is 0.334 e. The van der Waals surface area contributed by atoms with Crippen molar-refractivity contribution in [3.63, 3.8) is 0 Å². The number of nitrogens with zero attached hydrogens (tertiary/aromatic N) is 3. The van der Waals surface area contributed by atoms with Crippen molar-refractivity contribution in [3.05, 3.63) is 47.3 Å². The van der Waals surface area contributed by atoms with Gasteiger partial charge >= 0.3 is 5.91 Å². The Balaban J connectivity index is 1.81. The molecule has 4 heteroatoms. The van der Waals surface area contributed by atoms with Crippen molar-refractivity contribution in [1.29, 1.82) is 0 Å². The molecule has 0 N–H and O–H groups in total. The van der Waals surface area contributed by atoms with E-state index in [1.54, 1.807) is 4.90 Å². The molecule has 0 spiro atoms. The van der Waals surface area contributed by atoms with E-state index >= 15 is 0 Å². The predicted octanol–water partition coefficient (Wildman–Crippen LogP) is 1.25. The molecule has 1 aliphatic heterocycles. The molecule has 94 valence electrons. The number of benzene rings is 1. The van der Waals surface area contributed by atoms with Gasteiger partial charge in [0.05, 0.1) is 0 Å². The van der Waals surface area contributed by atoms with Gasteiger partial charge < -0.3 is 9.74 Å². The van der Waals surface area contributed by atoms with Crippen LogP contribution in [-0.2, 0) is 11.3 Å². The average molecular weight is 243 g/mol. The smallest absolute Gasteiger partial charge is 0.302 e. The van der Waals surface area contributed by atoms with Gasteiger partial charge in [0, 0.05) is 32.7 Å². The highest BCUT2D eigenvalue weighted by atomic mass is 16.2. The maximum Gasteiger partial charge on any atom is 0.302 e. The van der Waals surface area contributed by atoms with Crippen LogP contribution in [0.3, 0.4) is 0 Å². The van der Waals surface area contributed by atoms with Gasteiger partial charge in [0.1, 0.15) is 0 Å². The molecular formula is C14H17N3O. The molecule has 0 aromatic heterocycles. The van der Waals surface area contributed by atoms with E-state index in [9.17, 15) is 4.79 Å². The lowest BCUT2D eigenvalue weighted by Crippen LogP contribution is -2.48. The fourth-order valence-corrected chi connectivity index (χ4v) is 2.16. The number of amides is 1. The van der Waals surface area contributed by atoms with Crippen molar-refractivity contribution in [3.8, 4) is 0 Å².